The van der Waals surface area contributed by atoms with Gasteiger partial charge in [0.2, 0.25) is 5.95 Å². The van der Waals surface area contributed by atoms with Crippen molar-refractivity contribution in [3.05, 3.63) is 11.8 Å². The largest absolute Gasteiger partial charge is 0.373 e. The summed E-state index contributed by atoms with van der Waals surface area (Å²) in [5, 5.41) is 0. The number of anilines is 2. The average molecular weight is 237 g/mol. The molecule has 6 heteroatoms. The van der Waals surface area contributed by atoms with Gasteiger partial charge < -0.3 is 21.1 Å². The van der Waals surface area contributed by atoms with Gasteiger partial charge in [-0.1, -0.05) is 0 Å². The van der Waals surface area contributed by atoms with Gasteiger partial charge in [-0.3, -0.25) is 0 Å². The molecule has 1 aromatic rings. The molecule has 2 heterocycles. The van der Waals surface area contributed by atoms with Crippen LogP contribution >= 0.6 is 0 Å². The Labute approximate surface area is 101 Å². The molecule has 4 N–H and O–H groups in total. The van der Waals surface area contributed by atoms with Crippen LogP contribution in [0.1, 0.15) is 19.5 Å². The molecule has 0 radical (unpaired) electrons. The summed E-state index contributed by atoms with van der Waals surface area (Å²) in [5.41, 5.74) is 12.2. The number of nitrogens with two attached hydrogens (primary N) is 2. The molecule has 1 aliphatic heterocycles. The lowest BCUT2D eigenvalue weighted by Crippen LogP contribution is -2.56. The predicted molar refractivity (Wildman–Crippen MR) is 66.6 cm³/mol. The second-order valence-electron chi connectivity index (χ2n) is 4.60. The van der Waals surface area contributed by atoms with Crippen LogP contribution in [-0.4, -0.2) is 35.2 Å². The Morgan fingerprint density at radius 2 is 2.18 bits per heavy atom. The first kappa shape index (κ1) is 12.1. The van der Waals surface area contributed by atoms with Crippen LogP contribution in [0.4, 0.5) is 11.8 Å². The van der Waals surface area contributed by atoms with Crippen LogP contribution in [-0.2, 0) is 11.3 Å². The number of nitrogen functional groups attached to an aromatic ring is 1. The summed E-state index contributed by atoms with van der Waals surface area (Å²) in [7, 11) is 0. The van der Waals surface area contributed by atoms with Gasteiger partial charge in [-0.15, -0.1) is 0 Å². The highest BCUT2D eigenvalue weighted by Crippen LogP contribution is 2.19. The van der Waals surface area contributed by atoms with E-state index in [1.165, 1.54) is 0 Å². The molecule has 0 unspecified atom stereocenters. The number of hydrogen-bond acceptors (Lipinski definition) is 6. The van der Waals surface area contributed by atoms with Crippen LogP contribution in [0.2, 0.25) is 0 Å². The van der Waals surface area contributed by atoms with Crippen LogP contribution in [0.3, 0.4) is 0 Å². The Morgan fingerprint density at radius 3 is 2.76 bits per heavy atom. The minimum atomic E-state index is 0.173. The minimum Gasteiger partial charge on any atom is -0.373 e. The third-order valence-corrected chi connectivity index (χ3v) is 2.58. The number of rotatable bonds is 4. The quantitative estimate of drug-likeness (QED) is 0.773. The fourth-order valence-electron chi connectivity index (χ4n) is 1.69. The summed E-state index contributed by atoms with van der Waals surface area (Å²) < 4.78 is 5.50. The maximum absolute atomic E-state index is 5.74. The van der Waals surface area contributed by atoms with Gasteiger partial charge >= 0.3 is 0 Å². The standard InChI is InChI=1S/C11H19N5O/c1-7(2)17-6-9-3-10(15-11(13)14-9)16-4-8(12)5-16/h3,7-8H,4-6,12H2,1-2H3,(H2,13,14,15). The zero-order valence-corrected chi connectivity index (χ0v) is 10.3. The summed E-state index contributed by atoms with van der Waals surface area (Å²) in [4.78, 5) is 10.4. The van der Waals surface area contributed by atoms with Gasteiger partial charge in [-0.2, -0.15) is 4.98 Å². The summed E-state index contributed by atoms with van der Waals surface area (Å²) in [6.45, 7) is 6.07. The van der Waals surface area contributed by atoms with Crippen molar-refractivity contribution in [3.63, 3.8) is 0 Å². The van der Waals surface area contributed by atoms with Crippen molar-refractivity contribution in [2.24, 2.45) is 5.73 Å². The van der Waals surface area contributed by atoms with Crippen molar-refractivity contribution in [1.29, 1.82) is 0 Å². The molecule has 1 aliphatic rings. The Balaban J connectivity index is 2.06. The lowest BCUT2D eigenvalue weighted by atomic mass is 10.1. The molecular weight excluding hydrogens is 218 g/mol. The predicted octanol–water partition coefficient (Wildman–Crippen LogP) is 0.131. The number of aromatic nitrogens is 2. The van der Waals surface area contributed by atoms with Gasteiger partial charge in [0.15, 0.2) is 0 Å². The lowest BCUT2D eigenvalue weighted by Gasteiger charge is -2.37. The molecular formula is C11H19N5O. The first-order valence-corrected chi connectivity index (χ1v) is 5.80. The summed E-state index contributed by atoms with van der Waals surface area (Å²) in [5.74, 6) is 1.12. The Bertz CT molecular complexity index is 389. The average Bonchev–Trinajstić information content (AvgIpc) is 2.21. The highest BCUT2D eigenvalue weighted by molar-refractivity contribution is 5.46. The number of ether oxygens (including phenoxy) is 1. The molecule has 1 saturated heterocycles. The van der Waals surface area contributed by atoms with E-state index in [9.17, 15) is 0 Å². The maximum Gasteiger partial charge on any atom is 0.222 e. The molecule has 0 aliphatic carbocycles. The van der Waals surface area contributed by atoms with Crippen LogP contribution in [0.15, 0.2) is 6.07 Å². The van der Waals surface area contributed by atoms with Crippen LogP contribution in [0, 0.1) is 0 Å². The Morgan fingerprint density at radius 1 is 1.47 bits per heavy atom. The van der Waals surface area contributed by atoms with E-state index in [-0.39, 0.29) is 18.1 Å². The van der Waals surface area contributed by atoms with Gasteiger partial charge in [-0.05, 0) is 13.8 Å². The topological polar surface area (TPSA) is 90.3 Å². The van der Waals surface area contributed by atoms with Crippen LogP contribution in [0.5, 0.6) is 0 Å². The van der Waals surface area contributed by atoms with E-state index in [1.807, 2.05) is 19.9 Å². The molecule has 17 heavy (non-hydrogen) atoms. The fourth-order valence-corrected chi connectivity index (χ4v) is 1.69. The van der Waals surface area contributed by atoms with Gasteiger partial charge in [0.25, 0.3) is 0 Å². The number of nitrogens with zero attached hydrogens (tertiary/aromatic N) is 3. The first-order chi connectivity index (χ1) is 8.04. The van der Waals surface area contributed by atoms with Gasteiger partial charge in [0.05, 0.1) is 18.4 Å². The zero-order chi connectivity index (χ0) is 12.4. The van der Waals surface area contributed by atoms with Crippen LogP contribution < -0.4 is 16.4 Å². The monoisotopic (exact) mass is 237 g/mol. The fraction of sp³-hybridized carbons (Fsp3) is 0.636. The molecule has 1 aromatic heterocycles. The maximum atomic E-state index is 5.74. The molecule has 2 rings (SSSR count). The molecule has 0 aromatic carbocycles. The first-order valence-electron chi connectivity index (χ1n) is 5.80. The van der Waals surface area contributed by atoms with Gasteiger partial charge in [-0.25, -0.2) is 4.98 Å². The van der Waals surface area contributed by atoms with E-state index in [0.717, 1.165) is 24.6 Å². The second-order valence-corrected chi connectivity index (χ2v) is 4.60. The summed E-state index contributed by atoms with van der Waals surface area (Å²) in [6, 6.07) is 2.14. The van der Waals surface area contributed by atoms with E-state index >= 15 is 0 Å². The van der Waals surface area contributed by atoms with Crippen molar-refractivity contribution < 1.29 is 4.74 Å². The van der Waals surface area contributed by atoms with E-state index in [1.54, 1.807) is 0 Å². The molecule has 0 saturated carbocycles. The minimum absolute atomic E-state index is 0.173. The van der Waals surface area contributed by atoms with Crippen LogP contribution in [0.25, 0.3) is 0 Å². The van der Waals surface area contributed by atoms with Crippen molar-refractivity contribution in [2.45, 2.75) is 32.6 Å². The molecule has 0 spiro atoms. The summed E-state index contributed by atoms with van der Waals surface area (Å²) in [6.07, 6.45) is 0.173. The van der Waals surface area contributed by atoms with Crippen molar-refractivity contribution in [3.8, 4) is 0 Å². The van der Waals surface area contributed by atoms with E-state index in [0.29, 0.717) is 6.61 Å². The third kappa shape index (κ3) is 3.04. The lowest BCUT2D eigenvalue weighted by molar-refractivity contribution is 0.0636. The zero-order valence-electron chi connectivity index (χ0n) is 10.3. The highest BCUT2D eigenvalue weighted by Gasteiger charge is 2.24. The molecule has 6 nitrogen and oxygen atoms in total. The summed E-state index contributed by atoms with van der Waals surface area (Å²) >= 11 is 0. The molecule has 94 valence electrons. The molecule has 0 atom stereocenters. The molecule has 1 fully saturated rings. The van der Waals surface area contributed by atoms with E-state index in [2.05, 4.69) is 14.9 Å². The van der Waals surface area contributed by atoms with E-state index < -0.39 is 0 Å². The Hall–Kier alpha value is -1.40. The smallest absolute Gasteiger partial charge is 0.222 e. The molecule has 0 bridgehead atoms. The Kier molecular flexibility index (Phi) is 3.44. The van der Waals surface area contributed by atoms with Crippen molar-refractivity contribution in [1.82, 2.24) is 9.97 Å². The third-order valence-electron chi connectivity index (χ3n) is 2.58. The van der Waals surface area contributed by atoms with Crippen molar-refractivity contribution >= 4 is 11.8 Å². The second kappa shape index (κ2) is 4.85. The molecule has 0 amide bonds. The number of hydrogen-bond donors (Lipinski definition) is 2. The highest BCUT2D eigenvalue weighted by atomic mass is 16.5. The van der Waals surface area contributed by atoms with E-state index in [4.69, 9.17) is 16.2 Å². The van der Waals surface area contributed by atoms with Gasteiger partial charge in [0, 0.05) is 25.2 Å². The normalized spacial score (nSPS) is 16.4. The van der Waals surface area contributed by atoms with Gasteiger partial charge in [0.1, 0.15) is 5.82 Å². The SMILES string of the molecule is CC(C)OCc1cc(N2CC(N)C2)nc(N)n1. The van der Waals surface area contributed by atoms with Crippen molar-refractivity contribution in [2.75, 3.05) is 23.7 Å².